The van der Waals surface area contributed by atoms with E-state index in [-0.39, 0.29) is 34.4 Å². The Bertz CT molecular complexity index is 1360. The maximum Gasteiger partial charge on any atom is 0.346 e. The van der Waals surface area contributed by atoms with Crippen LogP contribution in [-0.4, -0.2) is 11.9 Å². The summed E-state index contributed by atoms with van der Waals surface area (Å²) in [7, 11) is 0. The van der Waals surface area contributed by atoms with Crippen LogP contribution >= 0.6 is 0 Å². The molecule has 10 heteroatoms. The van der Waals surface area contributed by atoms with Gasteiger partial charge in [0.2, 0.25) is 0 Å². The normalized spacial score (nSPS) is 10.9. The van der Waals surface area contributed by atoms with E-state index in [2.05, 4.69) is 0 Å². The molecule has 0 aromatic heterocycles. The van der Waals surface area contributed by atoms with Gasteiger partial charge in [0.25, 0.3) is 0 Å². The molecule has 0 saturated carbocycles. The maximum atomic E-state index is 13.9. The van der Waals surface area contributed by atoms with Crippen molar-refractivity contribution < 1.29 is 45.4 Å². The number of hydrogen-bond donors (Lipinski definition) is 0. The van der Waals surface area contributed by atoms with Gasteiger partial charge in [0.15, 0.2) is 23.3 Å². The van der Waals surface area contributed by atoms with Crippen molar-refractivity contribution in [3.63, 3.8) is 0 Å². The zero-order valence-electron chi connectivity index (χ0n) is 16.7. The number of rotatable bonds is 4. The molecule has 172 valence electrons. The molecular weight excluding hydrogens is 466 g/mol. The minimum absolute atomic E-state index is 0.150. The van der Waals surface area contributed by atoms with Crippen molar-refractivity contribution in [2.75, 3.05) is 0 Å². The fourth-order valence-electron chi connectivity index (χ4n) is 3.10. The van der Waals surface area contributed by atoms with Crippen LogP contribution in [0.25, 0.3) is 10.8 Å². The number of halogens is 6. The highest BCUT2D eigenvalue weighted by Crippen LogP contribution is 2.33. The monoisotopic (exact) mass is 476 g/mol. The molecule has 0 spiro atoms. The van der Waals surface area contributed by atoms with Crippen LogP contribution in [0.2, 0.25) is 0 Å². The summed E-state index contributed by atoms with van der Waals surface area (Å²) in [5.41, 5.74) is -1.71. The summed E-state index contributed by atoms with van der Waals surface area (Å²) < 4.78 is 91.2. The Morgan fingerprint density at radius 3 is 1.24 bits per heavy atom. The SMILES string of the molecule is O=C(Oc1cccc2c(OC(=O)c3cc(F)c(F)cc3F)cccc12)c1cc(F)c(F)cc1F. The van der Waals surface area contributed by atoms with Gasteiger partial charge in [-0.15, -0.1) is 0 Å². The molecule has 0 saturated heterocycles. The Kier molecular flexibility index (Phi) is 5.97. The zero-order chi connectivity index (χ0) is 24.6. The van der Waals surface area contributed by atoms with Gasteiger partial charge in [0.1, 0.15) is 23.1 Å². The van der Waals surface area contributed by atoms with E-state index in [9.17, 15) is 35.9 Å². The van der Waals surface area contributed by atoms with Crippen LogP contribution in [0.1, 0.15) is 20.7 Å². The standard InChI is InChI=1S/C24H10F6O4/c25-15-9-19(29)17(27)7-13(15)23(31)33-21-5-1-3-11-12(21)4-2-6-22(11)34-24(32)14-8-18(28)20(30)10-16(14)26/h1-10H. The summed E-state index contributed by atoms with van der Waals surface area (Å²) in [6, 6.07) is 9.34. The Labute approximate surface area is 187 Å². The lowest BCUT2D eigenvalue weighted by molar-refractivity contribution is 0.0719. The van der Waals surface area contributed by atoms with E-state index in [0.717, 1.165) is 0 Å². The average Bonchev–Trinajstić information content (AvgIpc) is 2.79. The predicted octanol–water partition coefficient (Wildman–Crippen LogP) is 6.11. The van der Waals surface area contributed by atoms with Crippen LogP contribution in [0, 0.1) is 34.9 Å². The number of benzene rings is 4. The maximum absolute atomic E-state index is 13.9. The van der Waals surface area contributed by atoms with E-state index in [4.69, 9.17) is 9.47 Å². The predicted molar refractivity (Wildman–Crippen MR) is 106 cm³/mol. The van der Waals surface area contributed by atoms with Crippen LogP contribution in [0.3, 0.4) is 0 Å². The Hall–Kier alpha value is -4.34. The molecule has 0 unspecified atom stereocenters. The van der Waals surface area contributed by atoms with Gasteiger partial charge in [-0.3, -0.25) is 0 Å². The lowest BCUT2D eigenvalue weighted by Gasteiger charge is -2.12. The first-order valence-corrected chi connectivity index (χ1v) is 9.41. The van der Waals surface area contributed by atoms with E-state index < -0.39 is 58.0 Å². The lowest BCUT2D eigenvalue weighted by atomic mass is 10.1. The van der Waals surface area contributed by atoms with E-state index >= 15 is 0 Å². The van der Waals surface area contributed by atoms with Crippen LogP contribution in [0.4, 0.5) is 26.3 Å². The molecule has 0 aliphatic rings. The smallest absolute Gasteiger partial charge is 0.346 e. The van der Waals surface area contributed by atoms with Crippen molar-refractivity contribution in [3.05, 3.63) is 107 Å². The molecule has 0 bridgehead atoms. The quantitative estimate of drug-likeness (QED) is 0.154. The molecular formula is C24H10F6O4. The lowest BCUT2D eigenvalue weighted by Crippen LogP contribution is -2.13. The van der Waals surface area contributed by atoms with Crippen LogP contribution in [0.15, 0.2) is 60.7 Å². The highest BCUT2D eigenvalue weighted by Gasteiger charge is 2.21. The Morgan fingerprint density at radius 2 is 0.853 bits per heavy atom. The first-order valence-electron chi connectivity index (χ1n) is 9.41. The Morgan fingerprint density at radius 1 is 0.500 bits per heavy atom. The van der Waals surface area contributed by atoms with E-state index in [0.29, 0.717) is 12.1 Å². The van der Waals surface area contributed by atoms with Crippen molar-refractivity contribution in [2.24, 2.45) is 0 Å². The van der Waals surface area contributed by atoms with E-state index in [1.165, 1.54) is 36.4 Å². The zero-order valence-corrected chi connectivity index (χ0v) is 16.7. The second-order valence-electron chi connectivity index (χ2n) is 6.88. The highest BCUT2D eigenvalue weighted by atomic mass is 19.2. The van der Waals surface area contributed by atoms with Crippen LogP contribution in [0.5, 0.6) is 11.5 Å². The van der Waals surface area contributed by atoms with E-state index in [1.54, 1.807) is 0 Å². The molecule has 4 aromatic carbocycles. The van der Waals surface area contributed by atoms with Crippen molar-refractivity contribution in [1.29, 1.82) is 0 Å². The Balaban J connectivity index is 1.67. The van der Waals surface area contributed by atoms with Crippen LogP contribution in [-0.2, 0) is 0 Å². The molecule has 0 heterocycles. The minimum Gasteiger partial charge on any atom is -0.422 e. The van der Waals surface area contributed by atoms with Gasteiger partial charge < -0.3 is 9.47 Å². The van der Waals surface area contributed by atoms with Crippen molar-refractivity contribution >= 4 is 22.7 Å². The summed E-state index contributed by atoms with van der Waals surface area (Å²) in [5.74, 6) is -11.5. The summed E-state index contributed by atoms with van der Waals surface area (Å²) >= 11 is 0. The molecule has 34 heavy (non-hydrogen) atoms. The van der Waals surface area contributed by atoms with Gasteiger partial charge in [-0.25, -0.2) is 35.9 Å². The van der Waals surface area contributed by atoms with E-state index in [1.807, 2.05) is 0 Å². The molecule has 0 N–H and O–H groups in total. The molecule has 0 aliphatic carbocycles. The molecule has 4 aromatic rings. The van der Waals surface area contributed by atoms with Gasteiger partial charge in [0, 0.05) is 22.9 Å². The first-order chi connectivity index (χ1) is 16.2. The number of carbonyl (C=O) groups is 2. The molecule has 0 fully saturated rings. The second kappa shape index (κ2) is 8.89. The summed E-state index contributed by atoms with van der Waals surface area (Å²) in [6.45, 7) is 0. The largest absolute Gasteiger partial charge is 0.422 e. The first kappa shape index (κ1) is 22.8. The minimum atomic E-state index is -1.48. The van der Waals surface area contributed by atoms with Crippen molar-refractivity contribution in [2.45, 2.75) is 0 Å². The van der Waals surface area contributed by atoms with Crippen molar-refractivity contribution in [3.8, 4) is 11.5 Å². The number of ether oxygens (including phenoxy) is 2. The van der Waals surface area contributed by atoms with Crippen LogP contribution < -0.4 is 9.47 Å². The average molecular weight is 476 g/mol. The molecule has 0 radical (unpaired) electrons. The molecule has 0 atom stereocenters. The summed E-state index contributed by atoms with van der Waals surface area (Å²) in [6.07, 6.45) is 0. The molecule has 4 rings (SSSR count). The highest BCUT2D eigenvalue weighted by molar-refractivity contribution is 5.99. The third-order valence-electron chi connectivity index (χ3n) is 4.71. The van der Waals surface area contributed by atoms with Crippen molar-refractivity contribution in [1.82, 2.24) is 0 Å². The molecule has 0 amide bonds. The molecule has 0 aliphatic heterocycles. The van der Waals surface area contributed by atoms with Gasteiger partial charge in [-0.2, -0.15) is 0 Å². The van der Waals surface area contributed by atoms with Gasteiger partial charge in [-0.05, 0) is 24.3 Å². The number of esters is 2. The van der Waals surface area contributed by atoms with Gasteiger partial charge in [0.05, 0.1) is 11.1 Å². The van der Waals surface area contributed by atoms with Gasteiger partial charge in [-0.1, -0.05) is 24.3 Å². The second-order valence-corrected chi connectivity index (χ2v) is 6.88. The third-order valence-corrected chi connectivity index (χ3v) is 4.71. The summed E-state index contributed by atoms with van der Waals surface area (Å²) in [4.78, 5) is 24.7. The third kappa shape index (κ3) is 4.29. The summed E-state index contributed by atoms with van der Waals surface area (Å²) in [5, 5.41) is 0.352. The van der Waals surface area contributed by atoms with Gasteiger partial charge >= 0.3 is 11.9 Å². The fourth-order valence-corrected chi connectivity index (χ4v) is 3.10. The number of carbonyl (C=O) groups excluding carboxylic acids is 2. The molecule has 4 nitrogen and oxygen atoms in total. The topological polar surface area (TPSA) is 52.6 Å². The number of fused-ring (bicyclic) bond motifs is 1. The fraction of sp³-hybridized carbons (Fsp3) is 0. The number of hydrogen-bond acceptors (Lipinski definition) is 4.